The molecule has 106 valence electrons. The zero-order valence-electron chi connectivity index (χ0n) is 11.6. The number of methoxy groups -OCH3 is 1. The molecule has 0 saturated heterocycles. The zero-order valence-corrected chi connectivity index (χ0v) is 11.6. The van der Waals surface area contributed by atoms with E-state index in [4.69, 9.17) is 9.47 Å². The molecular weight excluding hydrogens is 258 g/mol. The smallest absolute Gasteiger partial charge is 0.360 e. The number of esters is 1. The van der Waals surface area contributed by atoms with Crippen molar-refractivity contribution in [2.75, 3.05) is 13.7 Å². The molecule has 0 radical (unpaired) electrons. The lowest BCUT2D eigenvalue weighted by atomic mass is 10.2. The Morgan fingerprint density at radius 1 is 1.30 bits per heavy atom. The van der Waals surface area contributed by atoms with E-state index in [9.17, 15) is 4.79 Å². The average Bonchev–Trinajstić information content (AvgIpc) is 2.93. The molecule has 0 aliphatic carbocycles. The summed E-state index contributed by atoms with van der Waals surface area (Å²) >= 11 is 0. The number of aromatic nitrogens is 3. The lowest BCUT2D eigenvalue weighted by Gasteiger charge is -2.03. The monoisotopic (exact) mass is 275 g/mol. The number of carbonyl (C=O) groups is 1. The van der Waals surface area contributed by atoms with Gasteiger partial charge in [0.1, 0.15) is 6.61 Å². The lowest BCUT2D eigenvalue weighted by molar-refractivity contribution is 0.0465. The van der Waals surface area contributed by atoms with Gasteiger partial charge in [-0.1, -0.05) is 35.0 Å². The normalized spacial score (nSPS) is 10.5. The van der Waals surface area contributed by atoms with E-state index in [1.807, 2.05) is 31.2 Å². The second-order valence-electron chi connectivity index (χ2n) is 4.42. The van der Waals surface area contributed by atoms with Gasteiger partial charge in [-0.2, -0.15) is 0 Å². The summed E-state index contributed by atoms with van der Waals surface area (Å²) in [5, 5.41) is 7.61. The number of benzene rings is 1. The number of rotatable bonds is 6. The van der Waals surface area contributed by atoms with Crippen molar-refractivity contribution in [1.29, 1.82) is 0 Å². The maximum atomic E-state index is 11.8. The number of carbonyl (C=O) groups excluding carboxylic acids is 1. The van der Waals surface area contributed by atoms with Crippen LogP contribution in [0.2, 0.25) is 0 Å². The Bertz CT molecular complexity index is 563. The largest absolute Gasteiger partial charge is 0.456 e. The quantitative estimate of drug-likeness (QED) is 0.749. The molecule has 0 fully saturated rings. The van der Waals surface area contributed by atoms with Gasteiger partial charge in [0.25, 0.3) is 0 Å². The van der Waals surface area contributed by atoms with Crippen LogP contribution in [0.4, 0.5) is 0 Å². The highest BCUT2D eigenvalue weighted by atomic mass is 16.5. The SMILES string of the molecule is COCCn1cc(C(=O)OCc2ccc(C)cc2)nn1. The van der Waals surface area contributed by atoms with Crippen LogP contribution in [0.15, 0.2) is 30.5 Å². The van der Waals surface area contributed by atoms with E-state index in [1.54, 1.807) is 18.0 Å². The molecule has 0 aliphatic rings. The molecule has 0 saturated carbocycles. The maximum absolute atomic E-state index is 11.8. The summed E-state index contributed by atoms with van der Waals surface area (Å²) < 4.78 is 11.7. The number of aryl methyl sites for hydroxylation is 1. The van der Waals surface area contributed by atoms with Crippen LogP contribution in [-0.2, 0) is 22.6 Å². The predicted molar refractivity (Wildman–Crippen MR) is 72.2 cm³/mol. The van der Waals surface area contributed by atoms with Crippen molar-refractivity contribution < 1.29 is 14.3 Å². The van der Waals surface area contributed by atoms with Crippen molar-refractivity contribution >= 4 is 5.97 Å². The van der Waals surface area contributed by atoms with Crippen molar-refractivity contribution in [3.05, 3.63) is 47.3 Å². The average molecular weight is 275 g/mol. The van der Waals surface area contributed by atoms with Gasteiger partial charge >= 0.3 is 5.97 Å². The molecule has 0 aliphatic heterocycles. The van der Waals surface area contributed by atoms with Crippen molar-refractivity contribution in [2.45, 2.75) is 20.1 Å². The second-order valence-corrected chi connectivity index (χ2v) is 4.42. The molecule has 6 heteroatoms. The molecule has 0 atom stereocenters. The van der Waals surface area contributed by atoms with E-state index in [-0.39, 0.29) is 12.3 Å². The van der Waals surface area contributed by atoms with Gasteiger partial charge < -0.3 is 9.47 Å². The Balaban J connectivity index is 1.88. The third-order valence-corrected chi connectivity index (χ3v) is 2.76. The summed E-state index contributed by atoms with van der Waals surface area (Å²) in [6.45, 7) is 3.30. The van der Waals surface area contributed by atoms with Crippen molar-refractivity contribution in [1.82, 2.24) is 15.0 Å². The Kier molecular flexibility index (Phi) is 4.84. The molecule has 0 bridgehead atoms. The molecule has 1 aromatic carbocycles. The Labute approximate surface area is 117 Å². The molecule has 0 N–H and O–H groups in total. The van der Waals surface area contributed by atoms with E-state index in [2.05, 4.69) is 10.3 Å². The Morgan fingerprint density at radius 2 is 2.05 bits per heavy atom. The molecular formula is C14H17N3O3. The Morgan fingerprint density at radius 3 is 2.75 bits per heavy atom. The Hall–Kier alpha value is -2.21. The van der Waals surface area contributed by atoms with Gasteiger partial charge in [0.2, 0.25) is 0 Å². The summed E-state index contributed by atoms with van der Waals surface area (Å²) in [5.74, 6) is -0.478. The van der Waals surface area contributed by atoms with Crippen molar-refractivity contribution in [2.24, 2.45) is 0 Å². The molecule has 0 unspecified atom stereocenters. The number of ether oxygens (including phenoxy) is 2. The predicted octanol–water partition coefficient (Wildman–Crippen LogP) is 1.59. The summed E-state index contributed by atoms with van der Waals surface area (Å²) in [6, 6.07) is 7.81. The highest BCUT2D eigenvalue weighted by Crippen LogP contribution is 2.06. The van der Waals surface area contributed by atoms with Crippen LogP contribution in [0.5, 0.6) is 0 Å². The first-order valence-corrected chi connectivity index (χ1v) is 6.31. The molecule has 2 aromatic rings. The fourth-order valence-electron chi connectivity index (χ4n) is 1.59. The third kappa shape index (κ3) is 3.89. The van der Waals surface area contributed by atoms with Gasteiger partial charge in [-0.3, -0.25) is 0 Å². The van der Waals surface area contributed by atoms with Gasteiger partial charge in [-0.25, -0.2) is 9.48 Å². The van der Waals surface area contributed by atoms with E-state index in [0.29, 0.717) is 13.2 Å². The van der Waals surface area contributed by atoms with Crippen LogP contribution in [0, 0.1) is 6.92 Å². The molecule has 2 rings (SSSR count). The fourth-order valence-corrected chi connectivity index (χ4v) is 1.59. The van der Waals surface area contributed by atoms with E-state index in [1.165, 1.54) is 5.56 Å². The van der Waals surface area contributed by atoms with Crippen LogP contribution in [0.1, 0.15) is 21.6 Å². The zero-order chi connectivity index (χ0) is 14.4. The third-order valence-electron chi connectivity index (χ3n) is 2.76. The molecule has 1 heterocycles. The van der Waals surface area contributed by atoms with Gasteiger partial charge in [-0.15, -0.1) is 5.10 Å². The van der Waals surface area contributed by atoms with E-state index < -0.39 is 5.97 Å². The summed E-state index contributed by atoms with van der Waals surface area (Å²) in [6.07, 6.45) is 1.55. The number of hydrogen-bond donors (Lipinski definition) is 0. The second kappa shape index (κ2) is 6.81. The molecule has 0 spiro atoms. The molecule has 20 heavy (non-hydrogen) atoms. The standard InChI is InChI=1S/C14H17N3O3/c1-11-3-5-12(6-4-11)10-20-14(18)13-9-17(16-15-13)7-8-19-2/h3-6,9H,7-8,10H2,1-2H3. The van der Waals surface area contributed by atoms with Crippen molar-refractivity contribution in [3.8, 4) is 0 Å². The minimum Gasteiger partial charge on any atom is -0.456 e. The topological polar surface area (TPSA) is 66.2 Å². The summed E-state index contributed by atoms with van der Waals surface area (Å²) in [7, 11) is 1.60. The summed E-state index contributed by atoms with van der Waals surface area (Å²) in [5.41, 5.74) is 2.31. The minimum absolute atomic E-state index is 0.202. The lowest BCUT2D eigenvalue weighted by Crippen LogP contribution is -2.06. The van der Waals surface area contributed by atoms with E-state index in [0.717, 1.165) is 5.56 Å². The van der Waals surface area contributed by atoms with Gasteiger partial charge in [-0.05, 0) is 12.5 Å². The van der Waals surface area contributed by atoms with Crippen LogP contribution in [-0.4, -0.2) is 34.7 Å². The van der Waals surface area contributed by atoms with Crippen LogP contribution in [0.3, 0.4) is 0 Å². The number of hydrogen-bond acceptors (Lipinski definition) is 5. The number of nitrogens with zero attached hydrogens (tertiary/aromatic N) is 3. The molecule has 1 aromatic heterocycles. The van der Waals surface area contributed by atoms with Crippen LogP contribution >= 0.6 is 0 Å². The van der Waals surface area contributed by atoms with Crippen LogP contribution in [0.25, 0.3) is 0 Å². The highest BCUT2D eigenvalue weighted by Gasteiger charge is 2.12. The van der Waals surface area contributed by atoms with Gasteiger partial charge in [0.15, 0.2) is 5.69 Å². The molecule has 6 nitrogen and oxygen atoms in total. The maximum Gasteiger partial charge on any atom is 0.360 e. The van der Waals surface area contributed by atoms with Gasteiger partial charge in [0, 0.05) is 7.11 Å². The molecule has 0 amide bonds. The minimum atomic E-state index is -0.478. The van der Waals surface area contributed by atoms with E-state index >= 15 is 0 Å². The van der Waals surface area contributed by atoms with Gasteiger partial charge in [0.05, 0.1) is 19.3 Å². The first-order chi connectivity index (χ1) is 9.69. The first kappa shape index (κ1) is 14.2. The van der Waals surface area contributed by atoms with Crippen LogP contribution < -0.4 is 0 Å². The first-order valence-electron chi connectivity index (χ1n) is 6.31. The summed E-state index contributed by atoms with van der Waals surface area (Å²) in [4.78, 5) is 11.8. The fraction of sp³-hybridized carbons (Fsp3) is 0.357. The highest BCUT2D eigenvalue weighted by molar-refractivity contribution is 5.86. The van der Waals surface area contributed by atoms with Crippen molar-refractivity contribution in [3.63, 3.8) is 0 Å².